The summed E-state index contributed by atoms with van der Waals surface area (Å²) in [6, 6.07) is 17.8. The van der Waals surface area contributed by atoms with E-state index in [1.165, 1.54) is 5.56 Å². The van der Waals surface area contributed by atoms with Crippen molar-refractivity contribution in [3.8, 4) is 17.7 Å². The van der Waals surface area contributed by atoms with E-state index in [1.807, 2.05) is 48.5 Å². The van der Waals surface area contributed by atoms with E-state index >= 15 is 0 Å². The molecular formula is C27H24N2O4. The van der Waals surface area contributed by atoms with E-state index in [0.29, 0.717) is 24.3 Å². The number of rotatable bonds is 7. The van der Waals surface area contributed by atoms with Gasteiger partial charge < -0.3 is 14.6 Å². The predicted octanol–water partition coefficient (Wildman–Crippen LogP) is 4.81. The summed E-state index contributed by atoms with van der Waals surface area (Å²) in [5, 5.41) is 18.8. The number of fused-ring (bicyclic) bond motifs is 1. The van der Waals surface area contributed by atoms with Crippen LogP contribution in [0.4, 0.5) is 0 Å². The minimum absolute atomic E-state index is 0.0703. The summed E-state index contributed by atoms with van der Waals surface area (Å²) in [5.41, 5.74) is 6.12. The number of pyridine rings is 1. The summed E-state index contributed by atoms with van der Waals surface area (Å²) in [6.07, 6.45) is 4.77. The van der Waals surface area contributed by atoms with Crippen molar-refractivity contribution in [2.24, 2.45) is 5.92 Å². The number of hydrogen-bond acceptors (Lipinski definition) is 5. The minimum Gasteiger partial charge on any atom is -0.486 e. The highest BCUT2D eigenvalue weighted by Gasteiger charge is 2.44. The van der Waals surface area contributed by atoms with Crippen molar-refractivity contribution < 1.29 is 19.4 Å². The standard InChI is InChI=1S/C27H24N2O4/c1-32-26-11-2-16(15-29-26)12-22-18(14-28)5-8-21-20(22)9-10-25(21)33-19-6-3-17(4-7-19)23-13-24(23)27(30)31/h2-8,11,15,23-25H,9-10,12-13H2,1H3,(H,30,31). The molecule has 166 valence electrons. The Morgan fingerprint density at radius 1 is 1.18 bits per heavy atom. The first kappa shape index (κ1) is 21.0. The van der Waals surface area contributed by atoms with Crippen LogP contribution in [0.1, 0.15) is 58.2 Å². The van der Waals surface area contributed by atoms with Crippen LogP contribution in [-0.4, -0.2) is 23.2 Å². The van der Waals surface area contributed by atoms with Crippen molar-refractivity contribution in [3.63, 3.8) is 0 Å². The monoisotopic (exact) mass is 440 g/mol. The number of benzene rings is 2. The number of nitriles is 1. The van der Waals surface area contributed by atoms with Gasteiger partial charge in [-0.2, -0.15) is 5.26 Å². The highest BCUT2D eigenvalue weighted by atomic mass is 16.5. The van der Waals surface area contributed by atoms with Crippen LogP contribution in [0.5, 0.6) is 11.6 Å². The minimum atomic E-state index is -0.721. The first-order chi connectivity index (χ1) is 16.1. The fourth-order valence-electron chi connectivity index (χ4n) is 4.80. The zero-order valence-corrected chi connectivity index (χ0v) is 18.3. The highest BCUT2D eigenvalue weighted by molar-refractivity contribution is 5.75. The number of carboxylic acid groups (broad SMARTS) is 1. The molecule has 1 fully saturated rings. The SMILES string of the molecule is COc1ccc(Cc2c(C#N)ccc3c2CCC3Oc2ccc(C3CC3C(=O)O)cc2)cn1. The van der Waals surface area contributed by atoms with Gasteiger partial charge in [0.1, 0.15) is 11.9 Å². The van der Waals surface area contributed by atoms with Crippen molar-refractivity contribution in [2.75, 3.05) is 7.11 Å². The maximum atomic E-state index is 11.1. The summed E-state index contributed by atoms with van der Waals surface area (Å²) in [4.78, 5) is 15.4. The molecule has 1 saturated carbocycles. The third kappa shape index (κ3) is 4.14. The van der Waals surface area contributed by atoms with Gasteiger partial charge in [0.15, 0.2) is 0 Å². The van der Waals surface area contributed by atoms with Gasteiger partial charge in [-0.3, -0.25) is 4.79 Å². The van der Waals surface area contributed by atoms with Crippen LogP contribution in [0.2, 0.25) is 0 Å². The van der Waals surface area contributed by atoms with E-state index < -0.39 is 5.97 Å². The molecule has 1 N–H and O–H groups in total. The van der Waals surface area contributed by atoms with E-state index in [1.54, 1.807) is 13.3 Å². The van der Waals surface area contributed by atoms with E-state index in [9.17, 15) is 10.1 Å². The zero-order chi connectivity index (χ0) is 22.9. The molecule has 2 aliphatic carbocycles. The summed E-state index contributed by atoms with van der Waals surface area (Å²) in [7, 11) is 1.59. The molecule has 0 radical (unpaired) electrons. The van der Waals surface area contributed by atoms with Gasteiger partial charge in [0.05, 0.1) is 24.7 Å². The summed E-state index contributed by atoms with van der Waals surface area (Å²) in [6.45, 7) is 0. The van der Waals surface area contributed by atoms with Crippen LogP contribution >= 0.6 is 0 Å². The van der Waals surface area contributed by atoms with Crippen molar-refractivity contribution >= 4 is 5.97 Å². The summed E-state index contributed by atoms with van der Waals surface area (Å²) in [5.74, 6) is 0.475. The second kappa shape index (κ2) is 8.59. The van der Waals surface area contributed by atoms with Crippen LogP contribution in [0.15, 0.2) is 54.7 Å². The first-order valence-corrected chi connectivity index (χ1v) is 11.1. The molecule has 0 spiro atoms. The smallest absolute Gasteiger partial charge is 0.307 e. The molecule has 6 heteroatoms. The second-order valence-electron chi connectivity index (χ2n) is 8.66. The largest absolute Gasteiger partial charge is 0.486 e. The Labute approximate surface area is 192 Å². The molecule has 33 heavy (non-hydrogen) atoms. The summed E-state index contributed by atoms with van der Waals surface area (Å²) < 4.78 is 11.5. The molecule has 3 atom stereocenters. The lowest BCUT2D eigenvalue weighted by atomic mass is 9.93. The van der Waals surface area contributed by atoms with Gasteiger partial charge in [-0.1, -0.05) is 24.3 Å². The Balaban J connectivity index is 1.34. The predicted molar refractivity (Wildman–Crippen MR) is 121 cm³/mol. The number of hydrogen-bond donors (Lipinski definition) is 1. The van der Waals surface area contributed by atoms with E-state index in [4.69, 9.17) is 14.6 Å². The summed E-state index contributed by atoms with van der Waals surface area (Å²) >= 11 is 0. The number of carbonyl (C=O) groups is 1. The van der Waals surface area contributed by atoms with E-state index in [0.717, 1.165) is 40.8 Å². The fraction of sp³-hybridized carbons (Fsp3) is 0.296. The molecule has 0 aliphatic heterocycles. The number of aliphatic carboxylic acids is 1. The van der Waals surface area contributed by atoms with Gasteiger partial charge in [-0.25, -0.2) is 4.98 Å². The maximum Gasteiger partial charge on any atom is 0.307 e. The molecule has 2 aromatic carbocycles. The lowest BCUT2D eigenvalue weighted by molar-refractivity contribution is -0.138. The lowest BCUT2D eigenvalue weighted by Crippen LogP contribution is -2.05. The van der Waals surface area contributed by atoms with Crippen LogP contribution < -0.4 is 9.47 Å². The quantitative estimate of drug-likeness (QED) is 0.567. The average molecular weight is 440 g/mol. The molecule has 5 rings (SSSR count). The molecule has 0 saturated heterocycles. The Bertz CT molecular complexity index is 1230. The molecular weight excluding hydrogens is 416 g/mol. The van der Waals surface area contributed by atoms with Crippen molar-refractivity contribution in [1.29, 1.82) is 5.26 Å². The second-order valence-corrected chi connectivity index (χ2v) is 8.66. The van der Waals surface area contributed by atoms with Gasteiger partial charge in [0.2, 0.25) is 5.88 Å². The van der Waals surface area contributed by atoms with Crippen LogP contribution in [-0.2, 0) is 17.6 Å². The molecule has 0 amide bonds. The van der Waals surface area contributed by atoms with Gasteiger partial charge in [0.25, 0.3) is 0 Å². The zero-order valence-electron chi connectivity index (χ0n) is 18.3. The molecule has 3 unspecified atom stereocenters. The average Bonchev–Trinajstić information content (AvgIpc) is 3.55. The number of nitrogens with zero attached hydrogens (tertiary/aromatic N) is 2. The lowest BCUT2D eigenvalue weighted by Gasteiger charge is -2.17. The third-order valence-corrected chi connectivity index (χ3v) is 6.67. The Hall–Kier alpha value is -3.85. The maximum absolute atomic E-state index is 11.1. The molecule has 3 aromatic rings. The fourth-order valence-corrected chi connectivity index (χ4v) is 4.80. The molecule has 1 heterocycles. The number of aromatic nitrogens is 1. The Kier molecular flexibility index (Phi) is 5.47. The van der Waals surface area contributed by atoms with Crippen molar-refractivity contribution in [1.82, 2.24) is 4.98 Å². The molecule has 1 aromatic heterocycles. The normalized spacial score (nSPS) is 20.5. The number of ether oxygens (including phenoxy) is 2. The highest BCUT2D eigenvalue weighted by Crippen LogP contribution is 2.48. The van der Waals surface area contributed by atoms with Gasteiger partial charge in [0, 0.05) is 18.7 Å². The molecule has 6 nitrogen and oxygen atoms in total. The van der Waals surface area contributed by atoms with Gasteiger partial charge in [-0.05, 0) is 71.2 Å². The van der Waals surface area contributed by atoms with E-state index in [-0.39, 0.29) is 17.9 Å². The van der Waals surface area contributed by atoms with Crippen LogP contribution in [0.3, 0.4) is 0 Å². The van der Waals surface area contributed by atoms with Crippen molar-refractivity contribution in [2.45, 2.75) is 37.7 Å². The first-order valence-electron chi connectivity index (χ1n) is 11.1. The van der Waals surface area contributed by atoms with Gasteiger partial charge in [-0.15, -0.1) is 0 Å². The molecule has 2 aliphatic rings. The Morgan fingerprint density at radius 2 is 2.00 bits per heavy atom. The van der Waals surface area contributed by atoms with Crippen LogP contribution in [0, 0.1) is 17.2 Å². The van der Waals surface area contributed by atoms with Gasteiger partial charge >= 0.3 is 5.97 Å². The number of carboxylic acids is 1. The molecule has 0 bridgehead atoms. The third-order valence-electron chi connectivity index (χ3n) is 6.67. The Morgan fingerprint density at radius 3 is 2.64 bits per heavy atom. The van der Waals surface area contributed by atoms with Crippen LogP contribution in [0.25, 0.3) is 0 Å². The van der Waals surface area contributed by atoms with E-state index in [2.05, 4.69) is 11.1 Å². The van der Waals surface area contributed by atoms with Crippen molar-refractivity contribution in [3.05, 3.63) is 88.1 Å². The topological polar surface area (TPSA) is 92.4 Å². The number of methoxy groups -OCH3 is 1.